The largest absolute Gasteiger partial charge is 0.468 e. The van der Waals surface area contributed by atoms with Crippen molar-refractivity contribution in [1.82, 2.24) is 64.7 Å². The zero-order valence-electron chi connectivity index (χ0n) is 63.5. The van der Waals surface area contributed by atoms with Gasteiger partial charge in [-0.25, -0.2) is 19.2 Å². The first-order valence-corrected chi connectivity index (χ1v) is 37.9. The number of amides is 8. The van der Waals surface area contributed by atoms with Crippen molar-refractivity contribution in [3.63, 3.8) is 0 Å². The number of hydrogen-bond acceptors (Lipinski definition) is 23. The molecule has 110 heavy (non-hydrogen) atoms. The molecule has 0 unspecified atom stereocenters. The Balaban J connectivity index is 0.489. The summed E-state index contributed by atoms with van der Waals surface area (Å²) in [6.45, 7) is 10.4. The smallest absolute Gasteiger partial charge is 0.325 e. The molecular weight excluding hydrogens is 1430 g/mol. The van der Waals surface area contributed by atoms with Gasteiger partial charge >= 0.3 is 12.0 Å². The van der Waals surface area contributed by atoms with Gasteiger partial charge in [0.2, 0.25) is 29.5 Å². The summed E-state index contributed by atoms with van der Waals surface area (Å²) in [5, 5.41) is 19.1. The van der Waals surface area contributed by atoms with Gasteiger partial charge in [-0.2, -0.15) is 10.2 Å². The maximum absolute atomic E-state index is 16.0. The van der Waals surface area contributed by atoms with Crippen LogP contribution in [0.5, 0.6) is 0 Å². The standard InChI is InChI=1S/C76H105FN16O17/c1-86-27-28-92(76(86)101)58-7-6-22-91(50-58)64-48-81-73(74(78)100)75(84-64)83-57-12-10-53(11-13-57)54-16-23-90(24-17-54)68(97)20-29-103-31-33-105-35-37-107-39-41-109-43-44-110-42-40-108-38-36-106-34-32-104-30-21-79-65(94)14-15-67(96)89-25-18-55(19-26-89)72-71-59(60-46-63-56(45-61(60)77)47-82-88(63)3)8-5-9-62(71)93(85-72)52-69(98)87(2)51-66(95)80-49-70(99)102-4/h5,8-13,45-48,54-55,58H,6-7,14-44,49-52H2,1-4H3,(H2,78,100)(H,79,94)(H,80,95)(H,83,84)/t58-/m1/s1. The highest BCUT2D eigenvalue weighted by atomic mass is 19.1. The van der Waals surface area contributed by atoms with E-state index in [0.29, 0.717) is 209 Å². The molecule has 10 rings (SSSR count). The third-order valence-electron chi connectivity index (χ3n) is 20.0. The van der Waals surface area contributed by atoms with E-state index in [0.717, 1.165) is 43.4 Å². The molecule has 5 N–H and O–H groups in total. The number of rotatable bonds is 44. The Morgan fingerprint density at radius 1 is 0.636 bits per heavy atom. The average molecular weight is 1530 g/mol. The van der Waals surface area contributed by atoms with Crippen LogP contribution in [-0.4, -0.2) is 306 Å². The van der Waals surface area contributed by atoms with Crippen LogP contribution in [0, 0.1) is 5.82 Å². The first-order valence-electron chi connectivity index (χ1n) is 37.9. The van der Waals surface area contributed by atoms with Crippen LogP contribution in [0.3, 0.4) is 0 Å². The lowest BCUT2D eigenvalue weighted by molar-refractivity contribution is -0.141. The minimum absolute atomic E-state index is 0.0132. The number of anilines is 3. The van der Waals surface area contributed by atoms with Crippen LogP contribution in [0.15, 0.2) is 67.0 Å². The summed E-state index contributed by atoms with van der Waals surface area (Å²) < 4.78 is 68.6. The van der Waals surface area contributed by atoms with Gasteiger partial charge in [0.25, 0.3) is 5.91 Å². The molecule has 34 heteroatoms. The van der Waals surface area contributed by atoms with E-state index in [2.05, 4.69) is 47.8 Å². The number of likely N-dealkylation sites (tertiary alicyclic amines) is 2. The number of urea groups is 1. The van der Waals surface area contributed by atoms with Crippen LogP contribution in [0.1, 0.15) is 91.4 Å². The van der Waals surface area contributed by atoms with Gasteiger partial charge in [0.15, 0.2) is 11.5 Å². The fourth-order valence-corrected chi connectivity index (χ4v) is 13.9. The first kappa shape index (κ1) is 82.9. The van der Waals surface area contributed by atoms with Crippen molar-refractivity contribution < 1.29 is 85.4 Å². The zero-order chi connectivity index (χ0) is 77.7. The monoisotopic (exact) mass is 1530 g/mol. The highest BCUT2D eigenvalue weighted by molar-refractivity contribution is 6.00. The van der Waals surface area contributed by atoms with Crippen molar-refractivity contribution in [3.05, 3.63) is 89.8 Å². The minimum Gasteiger partial charge on any atom is -0.468 e. The van der Waals surface area contributed by atoms with Crippen LogP contribution in [0.25, 0.3) is 32.9 Å². The van der Waals surface area contributed by atoms with Crippen molar-refractivity contribution in [2.75, 3.05) is 209 Å². The molecule has 598 valence electrons. The number of methoxy groups -OCH3 is 1. The van der Waals surface area contributed by atoms with Crippen molar-refractivity contribution in [2.45, 2.75) is 82.2 Å². The third-order valence-corrected chi connectivity index (χ3v) is 20.0. The number of aryl methyl sites for hydroxylation is 1. The molecule has 4 fully saturated rings. The van der Waals surface area contributed by atoms with E-state index < -0.39 is 29.5 Å². The normalized spacial score (nSPS) is 15.8. The van der Waals surface area contributed by atoms with E-state index >= 15 is 4.39 Å². The van der Waals surface area contributed by atoms with Gasteiger partial charge in [-0.05, 0) is 85.9 Å². The number of nitrogens with one attached hydrogen (secondary N) is 3. The maximum Gasteiger partial charge on any atom is 0.325 e. The number of primary amides is 1. The lowest BCUT2D eigenvalue weighted by Crippen LogP contribution is -2.49. The molecule has 6 aromatic rings. The van der Waals surface area contributed by atoms with Gasteiger partial charge in [0, 0.05) is 121 Å². The van der Waals surface area contributed by atoms with Gasteiger partial charge in [-0.15, -0.1) is 0 Å². The highest BCUT2D eigenvalue weighted by Crippen LogP contribution is 2.40. The molecule has 0 bridgehead atoms. The van der Waals surface area contributed by atoms with E-state index in [1.54, 1.807) is 50.7 Å². The average Bonchev–Trinajstić information content (AvgIpc) is 1.58. The molecule has 33 nitrogen and oxygen atoms in total. The Morgan fingerprint density at radius 2 is 1.24 bits per heavy atom. The van der Waals surface area contributed by atoms with E-state index in [-0.39, 0.29) is 92.9 Å². The summed E-state index contributed by atoms with van der Waals surface area (Å²) in [5.41, 5.74) is 10.6. The van der Waals surface area contributed by atoms with Crippen LogP contribution in [0.4, 0.5) is 26.5 Å². The highest BCUT2D eigenvalue weighted by Gasteiger charge is 2.36. The molecule has 4 aliphatic rings. The molecule has 7 heterocycles. The quantitative estimate of drug-likeness (QED) is 0.0310. The van der Waals surface area contributed by atoms with E-state index in [4.69, 9.17) is 53.7 Å². The van der Waals surface area contributed by atoms with Crippen molar-refractivity contribution in [1.29, 1.82) is 0 Å². The SMILES string of the molecule is COC(=O)CNC(=O)CN(C)C(=O)Cn1nc(C2CCN(C(=O)CCC(=O)NCCOCCOCCOCCOCCOCCOCCOCCOCCC(=O)N3CCC(c4ccc(Nc5nc(N6CCC[C@@H](N7CCN(C)C7=O)C6)cnc5C(N)=O)cc4)CC3)CC2)c2c(-c3cc4c(cnn4C)cc3F)cccc21. The molecule has 4 aliphatic heterocycles. The Kier molecular flexibility index (Phi) is 32.1. The first-order chi connectivity index (χ1) is 53.4. The summed E-state index contributed by atoms with van der Waals surface area (Å²) in [6.07, 6.45) is 8.08. The molecule has 0 spiro atoms. The van der Waals surface area contributed by atoms with E-state index in [9.17, 15) is 38.4 Å². The lowest BCUT2D eigenvalue weighted by atomic mass is 9.88. The number of nitrogens with zero attached hydrogens (tertiary/aromatic N) is 12. The number of halogens is 1. The summed E-state index contributed by atoms with van der Waals surface area (Å²) in [4.78, 5) is 122. The minimum atomic E-state index is -0.685. The van der Waals surface area contributed by atoms with Crippen molar-refractivity contribution in [2.24, 2.45) is 12.8 Å². The Hall–Kier alpha value is -9.55. The van der Waals surface area contributed by atoms with Crippen LogP contribution in [0.2, 0.25) is 0 Å². The van der Waals surface area contributed by atoms with Gasteiger partial charge in [-0.3, -0.25) is 42.9 Å². The second-order valence-electron chi connectivity index (χ2n) is 27.5. The maximum atomic E-state index is 16.0. The topological polar surface area (TPSA) is 363 Å². The van der Waals surface area contributed by atoms with E-state index in [1.165, 1.54) is 30.7 Å². The molecular formula is C76H105FN16O17. The molecule has 0 radical (unpaired) electrons. The summed E-state index contributed by atoms with van der Waals surface area (Å²) in [6, 6.07) is 16.8. The van der Waals surface area contributed by atoms with Crippen molar-refractivity contribution in [3.8, 4) is 11.1 Å². The molecule has 4 saturated heterocycles. The van der Waals surface area contributed by atoms with Crippen LogP contribution in [-0.2, 0) is 85.0 Å². The number of piperidine rings is 3. The number of nitrogens with two attached hydrogens (primary N) is 1. The lowest BCUT2D eigenvalue weighted by Gasteiger charge is -2.37. The second kappa shape index (κ2) is 42.6. The van der Waals surface area contributed by atoms with Crippen molar-refractivity contribution >= 4 is 86.6 Å². The number of carbonyl (C=O) groups excluding carboxylic acids is 8. The fourth-order valence-electron chi connectivity index (χ4n) is 13.9. The molecule has 3 aromatic carbocycles. The molecule has 8 amide bonds. The fraction of sp³-hybridized carbons (Fsp3) is 0.579. The zero-order valence-corrected chi connectivity index (χ0v) is 63.5. The van der Waals surface area contributed by atoms with Crippen LogP contribution >= 0.6 is 0 Å². The Labute approximate surface area is 639 Å². The number of ether oxygens (including phenoxy) is 9. The van der Waals surface area contributed by atoms with Gasteiger partial charge in [-0.1, -0.05) is 24.3 Å². The predicted octanol–water partition coefficient (Wildman–Crippen LogP) is 3.98. The number of likely N-dealkylation sites (N-methyl/N-ethyl adjacent to an activating group) is 2. The number of hydrogen-bond donors (Lipinski definition) is 4. The molecule has 0 aliphatic carbocycles. The summed E-state index contributed by atoms with van der Waals surface area (Å²) in [7, 11) is 6.28. The van der Waals surface area contributed by atoms with Crippen LogP contribution < -0.4 is 26.6 Å². The second-order valence-corrected chi connectivity index (χ2v) is 27.5. The summed E-state index contributed by atoms with van der Waals surface area (Å²) in [5.74, 6) is -2.06. The van der Waals surface area contributed by atoms with Gasteiger partial charge in [0.05, 0.1) is 161 Å². The molecule has 0 saturated carbocycles. The molecule has 3 aromatic heterocycles. The number of aromatic nitrogens is 6. The summed E-state index contributed by atoms with van der Waals surface area (Å²) >= 11 is 0. The molecule has 1 atom stereocenters. The third kappa shape index (κ3) is 24.0. The Bertz CT molecular complexity index is 4040. The Morgan fingerprint density at radius 3 is 1.84 bits per heavy atom. The van der Waals surface area contributed by atoms with Gasteiger partial charge in [0.1, 0.15) is 24.7 Å². The number of fused-ring (bicyclic) bond motifs is 2. The number of carbonyl (C=O) groups is 8. The predicted molar refractivity (Wildman–Crippen MR) is 403 cm³/mol. The number of esters is 1. The number of benzene rings is 3. The van der Waals surface area contributed by atoms with E-state index in [1.807, 2.05) is 41.1 Å². The van der Waals surface area contributed by atoms with Gasteiger partial charge < -0.3 is 93.7 Å².